The third-order valence-corrected chi connectivity index (χ3v) is 4.25. The van der Waals surface area contributed by atoms with Crippen molar-refractivity contribution in [3.8, 4) is 11.5 Å². The fraction of sp³-hybridized carbons (Fsp3) is 0.118. The number of halogens is 2. The summed E-state index contributed by atoms with van der Waals surface area (Å²) in [4.78, 5) is 23.8. The molecule has 0 radical (unpaired) electrons. The molecule has 1 aliphatic rings. The van der Waals surface area contributed by atoms with Crippen molar-refractivity contribution in [2.24, 2.45) is 5.10 Å². The molecule has 0 aromatic heterocycles. The standard InChI is InChI=1S/C17H13Cl2N3O4/c18-12-3-1-2-11(16(12)19)7-21-22-15(23)8-20-17(24)10-4-5-13-14(6-10)26-9-25-13/h1-7H,8-9H2,(H,20,24)(H,22,23)/b21-7-. The first-order valence-electron chi connectivity index (χ1n) is 7.48. The molecule has 1 aliphatic heterocycles. The van der Waals surface area contributed by atoms with E-state index >= 15 is 0 Å². The maximum Gasteiger partial charge on any atom is 0.259 e. The lowest BCUT2D eigenvalue weighted by Gasteiger charge is -2.05. The highest BCUT2D eigenvalue weighted by atomic mass is 35.5. The van der Waals surface area contributed by atoms with Crippen LogP contribution >= 0.6 is 23.2 Å². The van der Waals surface area contributed by atoms with Crippen molar-refractivity contribution in [3.05, 3.63) is 57.6 Å². The van der Waals surface area contributed by atoms with Gasteiger partial charge in [0.1, 0.15) is 0 Å². The zero-order valence-corrected chi connectivity index (χ0v) is 14.8. The monoisotopic (exact) mass is 393 g/mol. The minimum absolute atomic E-state index is 0.122. The second kappa shape index (κ2) is 8.07. The van der Waals surface area contributed by atoms with Gasteiger partial charge in [-0.25, -0.2) is 5.43 Å². The highest BCUT2D eigenvalue weighted by Crippen LogP contribution is 2.32. The number of fused-ring (bicyclic) bond motifs is 1. The van der Waals surface area contributed by atoms with Crippen molar-refractivity contribution in [2.75, 3.05) is 13.3 Å². The number of hydrogen-bond acceptors (Lipinski definition) is 5. The lowest BCUT2D eigenvalue weighted by Crippen LogP contribution is -2.34. The lowest BCUT2D eigenvalue weighted by atomic mass is 10.2. The number of carbonyl (C=O) groups is 2. The van der Waals surface area contributed by atoms with Crippen LogP contribution in [0.1, 0.15) is 15.9 Å². The number of ether oxygens (including phenoxy) is 2. The molecule has 0 fully saturated rings. The normalized spacial score (nSPS) is 12.2. The molecule has 0 spiro atoms. The Morgan fingerprint density at radius 1 is 1.15 bits per heavy atom. The highest BCUT2D eigenvalue weighted by molar-refractivity contribution is 6.43. The molecular formula is C17H13Cl2N3O4. The molecule has 26 heavy (non-hydrogen) atoms. The molecular weight excluding hydrogens is 381 g/mol. The number of nitrogens with zero attached hydrogens (tertiary/aromatic N) is 1. The molecule has 1 heterocycles. The molecule has 0 saturated heterocycles. The summed E-state index contributed by atoms with van der Waals surface area (Å²) in [6, 6.07) is 9.82. The van der Waals surface area contributed by atoms with Gasteiger partial charge in [-0.1, -0.05) is 35.3 Å². The Hall–Kier alpha value is -2.77. The van der Waals surface area contributed by atoms with Crippen LogP contribution < -0.4 is 20.2 Å². The molecule has 2 amide bonds. The van der Waals surface area contributed by atoms with Crippen molar-refractivity contribution < 1.29 is 19.1 Å². The summed E-state index contributed by atoms with van der Waals surface area (Å²) in [7, 11) is 0. The van der Waals surface area contributed by atoms with Crippen LogP contribution in [0.5, 0.6) is 11.5 Å². The van der Waals surface area contributed by atoms with Gasteiger partial charge < -0.3 is 14.8 Å². The zero-order chi connectivity index (χ0) is 18.5. The Morgan fingerprint density at radius 2 is 1.96 bits per heavy atom. The lowest BCUT2D eigenvalue weighted by molar-refractivity contribution is -0.120. The quantitative estimate of drug-likeness (QED) is 0.603. The minimum atomic E-state index is -0.492. The molecule has 9 heteroatoms. The first kappa shape index (κ1) is 18.0. The summed E-state index contributed by atoms with van der Waals surface area (Å²) < 4.78 is 10.4. The molecule has 0 saturated carbocycles. The molecule has 2 aromatic carbocycles. The summed E-state index contributed by atoms with van der Waals surface area (Å²) in [6.45, 7) is -0.120. The molecule has 2 aromatic rings. The SMILES string of the molecule is O=C(CNC(=O)c1ccc2c(c1)OCO2)N/N=C\c1cccc(Cl)c1Cl. The number of rotatable bonds is 5. The van der Waals surface area contributed by atoms with E-state index in [9.17, 15) is 9.59 Å². The van der Waals surface area contributed by atoms with Crippen LogP contribution in [-0.2, 0) is 4.79 Å². The average Bonchev–Trinajstić information content (AvgIpc) is 3.11. The minimum Gasteiger partial charge on any atom is -0.454 e. The number of hydrogen-bond donors (Lipinski definition) is 2. The van der Waals surface area contributed by atoms with Gasteiger partial charge in [-0.15, -0.1) is 0 Å². The predicted octanol–water partition coefficient (Wildman–Crippen LogP) is 2.60. The van der Waals surface area contributed by atoms with E-state index in [0.717, 1.165) is 0 Å². The van der Waals surface area contributed by atoms with Crippen LogP contribution in [0.25, 0.3) is 0 Å². The van der Waals surface area contributed by atoms with Gasteiger partial charge in [0.05, 0.1) is 22.8 Å². The van der Waals surface area contributed by atoms with E-state index in [1.54, 1.807) is 36.4 Å². The first-order valence-corrected chi connectivity index (χ1v) is 8.24. The van der Waals surface area contributed by atoms with Crippen LogP contribution in [0.15, 0.2) is 41.5 Å². The second-order valence-corrected chi connectivity index (χ2v) is 5.97. The fourth-order valence-corrected chi connectivity index (χ4v) is 2.49. The molecule has 2 N–H and O–H groups in total. The van der Waals surface area contributed by atoms with E-state index in [4.69, 9.17) is 32.7 Å². The molecule has 0 unspecified atom stereocenters. The van der Waals surface area contributed by atoms with E-state index in [1.165, 1.54) is 6.21 Å². The van der Waals surface area contributed by atoms with Gasteiger partial charge >= 0.3 is 0 Å². The van der Waals surface area contributed by atoms with Gasteiger partial charge in [-0.3, -0.25) is 9.59 Å². The number of nitrogens with one attached hydrogen (secondary N) is 2. The average molecular weight is 394 g/mol. The van der Waals surface area contributed by atoms with Crippen molar-refractivity contribution in [2.45, 2.75) is 0 Å². The first-order chi connectivity index (χ1) is 12.5. The number of benzene rings is 2. The fourth-order valence-electron chi connectivity index (χ4n) is 2.13. The summed E-state index contributed by atoms with van der Waals surface area (Å²) in [6.07, 6.45) is 1.37. The Labute approximate surface area is 158 Å². The van der Waals surface area contributed by atoms with E-state index in [1.807, 2.05) is 0 Å². The van der Waals surface area contributed by atoms with Gasteiger partial charge in [0, 0.05) is 11.1 Å². The number of carbonyl (C=O) groups excluding carboxylic acids is 2. The number of hydrazone groups is 1. The van der Waals surface area contributed by atoms with E-state index in [-0.39, 0.29) is 13.3 Å². The summed E-state index contributed by atoms with van der Waals surface area (Å²) in [5, 5.41) is 7.00. The Morgan fingerprint density at radius 3 is 2.81 bits per heavy atom. The molecule has 3 rings (SSSR count). The summed E-state index contributed by atoms with van der Waals surface area (Å²) in [5.41, 5.74) is 3.21. The zero-order valence-electron chi connectivity index (χ0n) is 13.3. The Balaban J connectivity index is 1.50. The maximum absolute atomic E-state index is 12.1. The van der Waals surface area contributed by atoms with E-state index < -0.39 is 11.8 Å². The Bertz CT molecular complexity index is 886. The van der Waals surface area contributed by atoms with Crippen LogP contribution in [0.4, 0.5) is 0 Å². The highest BCUT2D eigenvalue weighted by Gasteiger charge is 2.16. The topological polar surface area (TPSA) is 89.0 Å². The summed E-state index contributed by atoms with van der Waals surface area (Å²) in [5.74, 6) is 0.159. The van der Waals surface area contributed by atoms with Crippen LogP contribution in [0.3, 0.4) is 0 Å². The van der Waals surface area contributed by atoms with Gasteiger partial charge in [0.15, 0.2) is 11.5 Å². The molecule has 134 valence electrons. The van der Waals surface area contributed by atoms with Crippen LogP contribution in [-0.4, -0.2) is 31.4 Å². The van der Waals surface area contributed by atoms with Gasteiger partial charge in [-0.05, 0) is 24.3 Å². The van der Waals surface area contributed by atoms with E-state index in [0.29, 0.717) is 32.7 Å². The summed E-state index contributed by atoms with van der Waals surface area (Å²) >= 11 is 11.9. The number of amides is 2. The molecule has 0 atom stereocenters. The van der Waals surface area contributed by atoms with Crippen molar-refractivity contribution in [1.29, 1.82) is 0 Å². The third kappa shape index (κ3) is 4.25. The third-order valence-electron chi connectivity index (χ3n) is 3.42. The van der Waals surface area contributed by atoms with Crippen LogP contribution in [0.2, 0.25) is 10.0 Å². The largest absolute Gasteiger partial charge is 0.454 e. The molecule has 0 bridgehead atoms. The van der Waals surface area contributed by atoms with E-state index in [2.05, 4.69) is 15.8 Å². The van der Waals surface area contributed by atoms with Crippen molar-refractivity contribution in [3.63, 3.8) is 0 Å². The van der Waals surface area contributed by atoms with Gasteiger partial charge in [-0.2, -0.15) is 5.10 Å². The van der Waals surface area contributed by atoms with Crippen molar-refractivity contribution in [1.82, 2.24) is 10.7 Å². The van der Waals surface area contributed by atoms with Crippen molar-refractivity contribution >= 4 is 41.2 Å². The Kier molecular flexibility index (Phi) is 5.60. The predicted molar refractivity (Wildman–Crippen MR) is 97.1 cm³/mol. The van der Waals surface area contributed by atoms with Gasteiger partial charge in [0.25, 0.3) is 11.8 Å². The van der Waals surface area contributed by atoms with Crippen LogP contribution in [0, 0.1) is 0 Å². The molecule has 0 aliphatic carbocycles. The van der Waals surface area contributed by atoms with Gasteiger partial charge in [0.2, 0.25) is 6.79 Å². The molecule has 7 nitrogen and oxygen atoms in total. The smallest absolute Gasteiger partial charge is 0.259 e. The maximum atomic E-state index is 12.1. The second-order valence-electron chi connectivity index (χ2n) is 5.19.